The van der Waals surface area contributed by atoms with Crippen LogP contribution in [0.25, 0.3) is 0 Å². The molecule has 0 saturated heterocycles. The van der Waals surface area contributed by atoms with Gasteiger partial charge in [0.25, 0.3) is 5.91 Å². The van der Waals surface area contributed by atoms with Crippen LogP contribution in [0.2, 0.25) is 0 Å². The number of nitrogens with zero attached hydrogens (tertiary/aromatic N) is 3. The zero-order valence-electron chi connectivity index (χ0n) is 14.1. The molecule has 0 radical (unpaired) electrons. The van der Waals surface area contributed by atoms with Gasteiger partial charge in [0.2, 0.25) is 0 Å². The maximum atomic E-state index is 12.0. The summed E-state index contributed by atoms with van der Waals surface area (Å²) in [5.74, 6) is -0.727. The maximum absolute atomic E-state index is 12.0. The maximum Gasteiger partial charge on any atom is 0.275 e. The third kappa shape index (κ3) is 4.76. The number of aromatic hydroxyl groups is 2. The molecule has 27 heavy (non-hydrogen) atoms. The van der Waals surface area contributed by atoms with Gasteiger partial charge in [-0.2, -0.15) is 15.3 Å². The molecule has 0 bridgehead atoms. The molecular weight excluding hydrogens is 344 g/mol. The van der Waals surface area contributed by atoms with Crippen molar-refractivity contribution in [2.24, 2.45) is 15.3 Å². The van der Waals surface area contributed by atoms with Crippen LogP contribution >= 0.6 is 0 Å². The van der Waals surface area contributed by atoms with Crippen molar-refractivity contribution in [1.29, 1.82) is 0 Å². The van der Waals surface area contributed by atoms with Crippen LogP contribution in [-0.4, -0.2) is 22.3 Å². The molecule has 0 spiro atoms. The summed E-state index contributed by atoms with van der Waals surface area (Å²) < 4.78 is 0. The smallest absolute Gasteiger partial charge is 0.275 e. The molecule has 134 valence electrons. The number of hydrogen-bond donors (Lipinski definition) is 3. The second-order valence-electron chi connectivity index (χ2n) is 5.49. The van der Waals surface area contributed by atoms with Crippen molar-refractivity contribution in [2.75, 3.05) is 0 Å². The minimum absolute atomic E-state index is 0.0192. The lowest BCUT2D eigenvalue weighted by atomic mass is 10.2. The standard InChI is InChI=1S/C20H16N4O3/c25-18-11-10-16(23-22-15-6-2-1-3-7-15)12-14(18)13-21-24-20(27)17-8-4-5-9-19(17)26/h1-13,25-26H,(H,24,27). The van der Waals surface area contributed by atoms with E-state index in [1.807, 2.05) is 30.3 Å². The van der Waals surface area contributed by atoms with Crippen molar-refractivity contribution >= 4 is 23.5 Å². The van der Waals surface area contributed by atoms with E-state index < -0.39 is 5.91 Å². The summed E-state index contributed by atoms with van der Waals surface area (Å²) in [5, 5.41) is 31.6. The molecule has 0 unspecified atom stereocenters. The molecule has 0 aliphatic heterocycles. The third-order valence-electron chi connectivity index (χ3n) is 3.57. The molecule has 1 amide bonds. The van der Waals surface area contributed by atoms with E-state index in [9.17, 15) is 15.0 Å². The average Bonchev–Trinajstić information content (AvgIpc) is 2.69. The number of benzene rings is 3. The fraction of sp³-hybridized carbons (Fsp3) is 0. The molecular formula is C20H16N4O3. The Morgan fingerprint density at radius 3 is 2.30 bits per heavy atom. The third-order valence-corrected chi connectivity index (χ3v) is 3.57. The number of hydrazone groups is 1. The number of phenols is 2. The minimum atomic E-state index is -0.566. The number of amides is 1. The van der Waals surface area contributed by atoms with E-state index in [0.717, 1.165) is 0 Å². The van der Waals surface area contributed by atoms with Gasteiger partial charge in [-0.15, -0.1) is 0 Å². The number of para-hydroxylation sites is 1. The highest BCUT2D eigenvalue weighted by Gasteiger charge is 2.08. The Morgan fingerprint density at radius 2 is 1.52 bits per heavy atom. The van der Waals surface area contributed by atoms with Crippen molar-refractivity contribution in [1.82, 2.24) is 5.43 Å². The molecule has 0 aliphatic carbocycles. The quantitative estimate of drug-likeness (QED) is 0.359. The van der Waals surface area contributed by atoms with E-state index in [2.05, 4.69) is 20.8 Å². The highest BCUT2D eigenvalue weighted by atomic mass is 16.3. The largest absolute Gasteiger partial charge is 0.507 e. The number of nitrogens with one attached hydrogen (secondary N) is 1. The lowest BCUT2D eigenvalue weighted by molar-refractivity contribution is 0.0952. The Hall–Kier alpha value is -4.00. The van der Waals surface area contributed by atoms with Crippen LogP contribution in [-0.2, 0) is 0 Å². The summed E-state index contributed by atoms with van der Waals surface area (Å²) in [6.07, 6.45) is 1.29. The second-order valence-corrected chi connectivity index (χ2v) is 5.49. The number of phenolic OH excluding ortho intramolecular Hbond substituents is 2. The number of rotatable bonds is 5. The molecule has 7 heteroatoms. The normalized spacial score (nSPS) is 11.1. The van der Waals surface area contributed by atoms with Gasteiger partial charge < -0.3 is 10.2 Å². The summed E-state index contributed by atoms with van der Waals surface area (Å²) >= 11 is 0. The molecule has 0 aliphatic rings. The first-order valence-corrected chi connectivity index (χ1v) is 8.05. The average molecular weight is 360 g/mol. The van der Waals surface area contributed by atoms with E-state index in [0.29, 0.717) is 16.9 Å². The molecule has 3 aromatic rings. The van der Waals surface area contributed by atoms with Crippen molar-refractivity contribution in [2.45, 2.75) is 0 Å². The summed E-state index contributed by atoms with van der Waals surface area (Å²) in [5.41, 5.74) is 3.98. The molecule has 3 N–H and O–H groups in total. The van der Waals surface area contributed by atoms with E-state index >= 15 is 0 Å². The second kappa shape index (κ2) is 8.39. The number of azo groups is 1. The SMILES string of the molecule is O=C(NN=Cc1cc(N=Nc2ccccc2)ccc1O)c1ccccc1O. The zero-order valence-corrected chi connectivity index (χ0v) is 14.1. The van der Waals surface area contributed by atoms with Gasteiger partial charge in [0, 0.05) is 5.56 Å². The molecule has 0 fully saturated rings. The number of carbonyl (C=O) groups excluding carboxylic acids is 1. The van der Waals surface area contributed by atoms with Gasteiger partial charge in [-0.3, -0.25) is 4.79 Å². The van der Waals surface area contributed by atoms with Gasteiger partial charge in [-0.1, -0.05) is 30.3 Å². The Kier molecular flexibility index (Phi) is 5.54. The number of hydrogen-bond acceptors (Lipinski definition) is 6. The van der Waals surface area contributed by atoms with Crippen LogP contribution in [0.15, 0.2) is 88.1 Å². The highest BCUT2D eigenvalue weighted by Crippen LogP contribution is 2.24. The van der Waals surface area contributed by atoms with E-state index in [1.54, 1.807) is 24.3 Å². The molecule has 7 nitrogen and oxygen atoms in total. The van der Waals surface area contributed by atoms with Gasteiger partial charge >= 0.3 is 0 Å². The Balaban J connectivity index is 1.71. The van der Waals surface area contributed by atoms with Crippen molar-refractivity contribution in [3.8, 4) is 11.5 Å². The van der Waals surface area contributed by atoms with Crippen molar-refractivity contribution in [3.63, 3.8) is 0 Å². The molecule has 0 aromatic heterocycles. The van der Waals surface area contributed by atoms with Crippen LogP contribution < -0.4 is 5.43 Å². The summed E-state index contributed by atoms with van der Waals surface area (Å²) in [6.45, 7) is 0. The van der Waals surface area contributed by atoms with Crippen LogP contribution in [0.1, 0.15) is 15.9 Å². The summed E-state index contributed by atoms with van der Waals surface area (Å²) in [4.78, 5) is 12.0. The lowest BCUT2D eigenvalue weighted by Gasteiger charge is -2.03. The first kappa shape index (κ1) is 17.8. The zero-order chi connectivity index (χ0) is 19.1. The first-order valence-electron chi connectivity index (χ1n) is 8.05. The van der Waals surface area contributed by atoms with E-state index in [-0.39, 0.29) is 17.1 Å². The van der Waals surface area contributed by atoms with Gasteiger partial charge in [-0.05, 0) is 42.5 Å². The van der Waals surface area contributed by atoms with Crippen LogP contribution in [0, 0.1) is 0 Å². The van der Waals surface area contributed by atoms with Gasteiger partial charge in [0.15, 0.2) is 0 Å². The molecule has 3 rings (SSSR count). The Labute approximate surface area is 155 Å². The molecule has 3 aromatic carbocycles. The summed E-state index contributed by atoms with van der Waals surface area (Å²) in [7, 11) is 0. The monoisotopic (exact) mass is 360 g/mol. The number of carbonyl (C=O) groups is 1. The van der Waals surface area contributed by atoms with E-state index in [4.69, 9.17) is 0 Å². The van der Waals surface area contributed by atoms with Crippen LogP contribution in [0.5, 0.6) is 11.5 Å². The first-order chi connectivity index (χ1) is 13.1. The highest BCUT2D eigenvalue weighted by molar-refractivity contribution is 5.97. The van der Waals surface area contributed by atoms with Crippen LogP contribution in [0.4, 0.5) is 11.4 Å². The molecule has 0 atom stereocenters. The van der Waals surface area contributed by atoms with Gasteiger partial charge in [0.1, 0.15) is 11.5 Å². The predicted molar refractivity (Wildman–Crippen MR) is 102 cm³/mol. The Morgan fingerprint density at radius 1 is 0.815 bits per heavy atom. The van der Waals surface area contributed by atoms with Gasteiger partial charge in [0.05, 0.1) is 23.2 Å². The minimum Gasteiger partial charge on any atom is -0.507 e. The lowest BCUT2D eigenvalue weighted by Crippen LogP contribution is -2.17. The van der Waals surface area contributed by atoms with E-state index in [1.165, 1.54) is 24.4 Å². The van der Waals surface area contributed by atoms with Gasteiger partial charge in [-0.25, -0.2) is 5.43 Å². The summed E-state index contributed by atoms with van der Waals surface area (Å²) in [6, 6.07) is 20.0. The van der Waals surface area contributed by atoms with Crippen LogP contribution in [0.3, 0.4) is 0 Å². The Bertz CT molecular complexity index is 1000. The predicted octanol–water partition coefficient (Wildman–Crippen LogP) is 4.28. The van der Waals surface area contributed by atoms with Crippen molar-refractivity contribution < 1.29 is 15.0 Å². The topological polar surface area (TPSA) is 107 Å². The fourth-order valence-electron chi connectivity index (χ4n) is 2.20. The fourth-order valence-corrected chi connectivity index (χ4v) is 2.20. The van der Waals surface area contributed by atoms with Crippen molar-refractivity contribution in [3.05, 3.63) is 83.9 Å². The molecule has 0 heterocycles. The molecule has 0 saturated carbocycles.